The largest absolute Gasteiger partial charge is 0.389 e. The first-order valence-electron chi connectivity index (χ1n) is 6.26. The van der Waals surface area contributed by atoms with E-state index in [0.29, 0.717) is 39.2 Å². The Morgan fingerprint density at radius 2 is 1.69 bits per heavy atom. The number of nitrogens with two attached hydrogens (primary N) is 1. The summed E-state index contributed by atoms with van der Waals surface area (Å²) in [6.07, 6.45) is 3.29. The lowest BCUT2D eigenvalue weighted by molar-refractivity contribution is 0.0138. The van der Waals surface area contributed by atoms with E-state index < -0.39 is 5.60 Å². The predicted octanol–water partition coefficient (Wildman–Crippen LogP) is 1.31. The number of hydrogen-bond acceptors (Lipinski definition) is 4. The van der Waals surface area contributed by atoms with Crippen LogP contribution >= 0.6 is 0 Å². The monoisotopic (exact) mass is 233 g/mol. The van der Waals surface area contributed by atoms with E-state index in [1.165, 1.54) is 0 Å². The first kappa shape index (κ1) is 15.8. The molecule has 0 amide bonds. The van der Waals surface area contributed by atoms with Gasteiger partial charge in [0.25, 0.3) is 0 Å². The third-order valence-electron chi connectivity index (χ3n) is 2.69. The minimum Gasteiger partial charge on any atom is -0.389 e. The Hall–Kier alpha value is -0.160. The highest BCUT2D eigenvalue weighted by atomic mass is 16.5. The summed E-state index contributed by atoms with van der Waals surface area (Å²) in [6, 6.07) is 0. The Kier molecular flexibility index (Phi) is 9.92. The molecule has 0 fully saturated rings. The molecule has 3 N–H and O–H groups in total. The summed E-state index contributed by atoms with van der Waals surface area (Å²) in [6.45, 7) is 7.11. The highest BCUT2D eigenvalue weighted by Gasteiger charge is 2.21. The Balaban J connectivity index is 3.26. The van der Waals surface area contributed by atoms with Crippen LogP contribution in [0.5, 0.6) is 0 Å². The van der Waals surface area contributed by atoms with E-state index in [0.717, 1.165) is 19.4 Å². The third kappa shape index (κ3) is 8.05. The van der Waals surface area contributed by atoms with E-state index in [-0.39, 0.29) is 0 Å². The van der Waals surface area contributed by atoms with Gasteiger partial charge in [-0.3, -0.25) is 0 Å². The summed E-state index contributed by atoms with van der Waals surface area (Å²) in [7, 11) is 0. The fourth-order valence-corrected chi connectivity index (χ4v) is 1.39. The Bertz CT molecular complexity index is 149. The second kappa shape index (κ2) is 10.0. The molecule has 0 saturated carbocycles. The quantitative estimate of drug-likeness (QED) is 0.528. The summed E-state index contributed by atoms with van der Waals surface area (Å²) in [5.41, 5.74) is 4.80. The number of rotatable bonds is 11. The average Bonchev–Trinajstić information content (AvgIpc) is 2.32. The molecule has 1 atom stereocenters. The van der Waals surface area contributed by atoms with Crippen molar-refractivity contribution >= 4 is 0 Å². The lowest BCUT2D eigenvalue weighted by Gasteiger charge is -2.24. The normalized spacial score (nSPS) is 15.0. The summed E-state index contributed by atoms with van der Waals surface area (Å²) < 4.78 is 10.7. The van der Waals surface area contributed by atoms with E-state index in [2.05, 4.69) is 6.92 Å². The Morgan fingerprint density at radius 1 is 1.06 bits per heavy atom. The fourth-order valence-electron chi connectivity index (χ4n) is 1.39. The zero-order valence-corrected chi connectivity index (χ0v) is 10.7. The van der Waals surface area contributed by atoms with Gasteiger partial charge in [0.05, 0.1) is 18.8 Å². The topological polar surface area (TPSA) is 64.7 Å². The van der Waals surface area contributed by atoms with Crippen molar-refractivity contribution in [3.8, 4) is 0 Å². The molecule has 0 aliphatic heterocycles. The first-order valence-corrected chi connectivity index (χ1v) is 6.26. The molecule has 0 aliphatic rings. The van der Waals surface area contributed by atoms with Crippen molar-refractivity contribution in [1.82, 2.24) is 0 Å². The lowest BCUT2D eigenvalue weighted by Crippen LogP contribution is -2.37. The maximum atomic E-state index is 9.90. The molecule has 0 saturated heterocycles. The van der Waals surface area contributed by atoms with E-state index in [1.54, 1.807) is 0 Å². The standard InChI is InChI=1S/C12H27NO3/c1-3-7-15-9-10-16-8-5-6-12(14,4-2)11-13/h14H,3-11,13H2,1-2H3. The molecule has 0 aromatic carbocycles. The van der Waals surface area contributed by atoms with Gasteiger partial charge in [0.2, 0.25) is 0 Å². The maximum absolute atomic E-state index is 9.90. The molecule has 0 spiro atoms. The van der Waals surface area contributed by atoms with Crippen molar-refractivity contribution in [2.45, 2.75) is 45.1 Å². The van der Waals surface area contributed by atoms with Gasteiger partial charge >= 0.3 is 0 Å². The van der Waals surface area contributed by atoms with Gasteiger partial charge in [-0.25, -0.2) is 0 Å². The fraction of sp³-hybridized carbons (Fsp3) is 1.00. The van der Waals surface area contributed by atoms with Crippen molar-refractivity contribution in [1.29, 1.82) is 0 Å². The van der Waals surface area contributed by atoms with Crippen molar-refractivity contribution < 1.29 is 14.6 Å². The van der Waals surface area contributed by atoms with Crippen molar-refractivity contribution in [2.75, 3.05) is 33.0 Å². The van der Waals surface area contributed by atoms with Crippen molar-refractivity contribution in [2.24, 2.45) is 5.73 Å². The van der Waals surface area contributed by atoms with Crippen LogP contribution in [0.15, 0.2) is 0 Å². The lowest BCUT2D eigenvalue weighted by atomic mass is 9.95. The summed E-state index contributed by atoms with van der Waals surface area (Å²) in [5, 5.41) is 9.90. The minimum atomic E-state index is -0.706. The van der Waals surface area contributed by atoms with Crippen molar-refractivity contribution in [3.63, 3.8) is 0 Å². The van der Waals surface area contributed by atoms with Crippen LogP contribution < -0.4 is 5.73 Å². The van der Waals surface area contributed by atoms with Crippen molar-refractivity contribution in [3.05, 3.63) is 0 Å². The van der Waals surface area contributed by atoms with Gasteiger partial charge in [-0.2, -0.15) is 0 Å². The highest BCUT2D eigenvalue weighted by molar-refractivity contribution is 4.77. The van der Waals surface area contributed by atoms with Crippen LogP contribution in [0.25, 0.3) is 0 Å². The molecule has 0 aromatic heterocycles. The Labute approximate surface area is 99.1 Å². The van der Waals surface area contributed by atoms with Gasteiger partial charge < -0.3 is 20.3 Å². The predicted molar refractivity (Wildman–Crippen MR) is 65.5 cm³/mol. The summed E-state index contributed by atoms with van der Waals surface area (Å²) >= 11 is 0. The molecule has 0 aliphatic carbocycles. The van der Waals surface area contributed by atoms with Crippen LogP contribution in [0.2, 0.25) is 0 Å². The maximum Gasteiger partial charge on any atom is 0.0767 e. The number of aliphatic hydroxyl groups is 1. The molecule has 98 valence electrons. The smallest absolute Gasteiger partial charge is 0.0767 e. The van der Waals surface area contributed by atoms with E-state index in [1.807, 2.05) is 6.92 Å². The van der Waals surface area contributed by atoms with E-state index in [9.17, 15) is 5.11 Å². The van der Waals surface area contributed by atoms with Crippen LogP contribution in [0.4, 0.5) is 0 Å². The number of hydrogen-bond donors (Lipinski definition) is 2. The van der Waals surface area contributed by atoms with Gasteiger partial charge in [0.1, 0.15) is 0 Å². The molecule has 0 aromatic rings. The van der Waals surface area contributed by atoms with E-state index in [4.69, 9.17) is 15.2 Å². The van der Waals surface area contributed by atoms with Gasteiger partial charge in [-0.05, 0) is 25.7 Å². The van der Waals surface area contributed by atoms with Crippen LogP contribution in [-0.2, 0) is 9.47 Å². The van der Waals surface area contributed by atoms with Gasteiger partial charge in [-0.1, -0.05) is 13.8 Å². The number of ether oxygens (including phenoxy) is 2. The average molecular weight is 233 g/mol. The third-order valence-corrected chi connectivity index (χ3v) is 2.69. The zero-order chi connectivity index (χ0) is 12.3. The van der Waals surface area contributed by atoms with Crippen LogP contribution in [-0.4, -0.2) is 43.7 Å². The van der Waals surface area contributed by atoms with Gasteiger partial charge in [-0.15, -0.1) is 0 Å². The molecule has 0 rings (SSSR count). The van der Waals surface area contributed by atoms with Gasteiger partial charge in [0.15, 0.2) is 0 Å². The van der Waals surface area contributed by atoms with Crippen LogP contribution in [0.3, 0.4) is 0 Å². The summed E-state index contributed by atoms with van der Waals surface area (Å²) in [5.74, 6) is 0. The Morgan fingerprint density at radius 3 is 2.19 bits per heavy atom. The molecule has 0 heterocycles. The second-order valence-corrected chi connectivity index (χ2v) is 4.11. The molecule has 0 radical (unpaired) electrons. The molecular formula is C12H27NO3. The second-order valence-electron chi connectivity index (χ2n) is 4.11. The molecule has 0 bridgehead atoms. The SMILES string of the molecule is CCCOCCOCCCC(O)(CC)CN. The van der Waals surface area contributed by atoms with Crippen LogP contribution in [0.1, 0.15) is 39.5 Å². The molecular weight excluding hydrogens is 206 g/mol. The minimum absolute atomic E-state index is 0.323. The molecule has 1 unspecified atom stereocenters. The zero-order valence-electron chi connectivity index (χ0n) is 10.7. The van der Waals surface area contributed by atoms with Gasteiger partial charge in [0, 0.05) is 19.8 Å². The molecule has 16 heavy (non-hydrogen) atoms. The molecule has 4 nitrogen and oxygen atoms in total. The highest BCUT2D eigenvalue weighted by Crippen LogP contribution is 2.15. The first-order chi connectivity index (χ1) is 7.68. The summed E-state index contributed by atoms with van der Waals surface area (Å²) in [4.78, 5) is 0. The van der Waals surface area contributed by atoms with E-state index >= 15 is 0 Å². The van der Waals surface area contributed by atoms with Crippen LogP contribution in [0, 0.1) is 0 Å². The molecule has 4 heteroatoms.